The zero-order valence-corrected chi connectivity index (χ0v) is 16.6. The molecule has 0 aliphatic carbocycles. The van der Waals surface area contributed by atoms with Gasteiger partial charge in [-0.25, -0.2) is 0 Å². The third-order valence-electron chi connectivity index (χ3n) is 2.90. The molecule has 4 N–H and O–H groups in total. The van der Waals surface area contributed by atoms with E-state index in [1.54, 1.807) is 36.4 Å². The Labute approximate surface area is 163 Å². The van der Waals surface area contributed by atoms with Crippen LogP contribution < -0.4 is 10.9 Å². The van der Waals surface area contributed by atoms with E-state index < -0.39 is 11.5 Å². The molecule has 0 atom stereocenters. The Morgan fingerprint density at radius 3 is 2.44 bits per heavy atom. The Morgan fingerprint density at radius 1 is 1.22 bits per heavy atom. The van der Waals surface area contributed by atoms with Crippen molar-refractivity contribution in [1.82, 2.24) is 9.97 Å². The number of nitrogens with zero attached hydrogens (tertiary/aromatic N) is 1. The molecular weight excluding hydrogens is 364 g/mol. The zero-order valence-electron chi connectivity index (χ0n) is 15.8. The van der Waals surface area contributed by atoms with Crippen molar-refractivity contribution in [2.24, 2.45) is 0 Å². The fourth-order valence-corrected chi connectivity index (χ4v) is 2.09. The number of nitriles is 1. The SMILES string of the molecule is CC.CC.N#Cc1c(/C=C/c2ccccc2NCC(=O)O)[nH]c(=S)[nH]c1=O. The lowest BCUT2D eigenvalue weighted by Crippen LogP contribution is -2.14. The van der Waals surface area contributed by atoms with E-state index in [4.69, 9.17) is 22.6 Å². The van der Waals surface area contributed by atoms with Crippen LogP contribution in [0, 0.1) is 16.1 Å². The molecule has 8 heteroatoms. The number of aromatic nitrogens is 2. The van der Waals surface area contributed by atoms with Crippen molar-refractivity contribution in [2.45, 2.75) is 27.7 Å². The third kappa shape index (κ3) is 7.71. The molecule has 0 spiro atoms. The van der Waals surface area contributed by atoms with Gasteiger partial charge in [-0.15, -0.1) is 0 Å². The molecule has 0 amide bonds. The van der Waals surface area contributed by atoms with Gasteiger partial charge in [0.1, 0.15) is 18.2 Å². The molecule has 0 fully saturated rings. The molecule has 1 aromatic heterocycles. The minimum atomic E-state index is -0.978. The van der Waals surface area contributed by atoms with Crippen molar-refractivity contribution in [3.05, 3.63) is 56.2 Å². The number of carboxylic acid groups (broad SMARTS) is 1. The van der Waals surface area contributed by atoms with E-state index in [0.29, 0.717) is 11.3 Å². The van der Waals surface area contributed by atoms with Gasteiger partial charge in [-0.05, 0) is 29.9 Å². The number of aromatic amines is 2. The minimum Gasteiger partial charge on any atom is -0.480 e. The summed E-state index contributed by atoms with van der Waals surface area (Å²) in [4.78, 5) is 27.4. The number of carbonyl (C=O) groups is 1. The maximum Gasteiger partial charge on any atom is 0.322 e. The number of nitrogens with one attached hydrogen (secondary N) is 3. The summed E-state index contributed by atoms with van der Waals surface area (Å²) in [5.74, 6) is -0.978. The second kappa shape index (κ2) is 13.1. The average Bonchev–Trinajstić information content (AvgIpc) is 2.68. The number of anilines is 1. The van der Waals surface area contributed by atoms with E-state index in [2.05, 4.69) is 15.3 Å². The summed E-state index contributed by atoms with van der Waals surface area (Å²) in [5, 5.41) is 20.6. The Hall–Kier alpha value is -3.18. The zero-order chi connectivity index (χ0) is 20.8. The van der Waals surface area contributed by atoms with Crippen LogP contribution in [0.15, 0.2) is 29.1 Å². The highest BCUT2D eigenvalue weighted by molar-refractivity contribution is 7.71. The van der Waals surface area contributed by atoms with Crippen LogP contribution in [0.25, 0.3) is 12.2 Å². The molecule has 1 aromatic carbocycles. The van der Waals surface area contributed by atoms with Crippen LogP contribution in [-0.2, 0) is 4.79 Å². The van der Waals surface area contributed by atoms with Gasteiger partial charge in [0.2, 0.25) is 0 Å². The number of benzene rings is 1. The standard InChI is InChI=1S/C15H12N4O3S.2C2H6/c16-7-10-12(18-15(23)19-14(10)22)6-5-9-3-1-2-4-11(9)17-8-13(20)21;2*1-2/h1-6,17H,8H2,(H,20,21)(H2,18,19,22,23);2*1-2H3/b6-5+;;. The number of rotatable bonds is 5. The maximum absolute atomic E-state index is 11.7. The molecule has 0 bridgehead atoms. The second-order valence-corrected chi connectivity index (χ2v) is 4.88. The van der Waals surface area contributed by atoms with Gasteiger partial charge in [0.05, 0.1) is 5.69 Å². The van der Waals surface area contributed by atoms with Gasteiger partial charge < -0.3 is 15.4 Å². The molecule has 27 heavy (non-hydrogen) atoms. The van der Waals surface area contributed by atoms with Gasteiger partial charge in [0.15, 0.2) is 4.77 Å². The fraction of sp³-hybridized carbons (Fsp3) is 0.263. The predicted molar refractivity (Wildman–Crippen MR) is 111 cm³/mol. The summed E-state index contributed by atoms with van der Waals surface area (Å²) in [6.07, 6.45) is 3.20. The Morgan fingerprint density at radius 2 is 1.85 bits per heavy atom. The first-order valence-corrected chi connectivity index (χ1v) is 8.91. The summed E-state index contributed by atoms with van der Waals surface area (Å²) in [5.41, 5.74) is 0.971. The van der Waals surface area contributed by atoms with Gasteiger partial charge in [-0.1, -0.05) is 52.0 Å². The number of H-pyrrole nitrogens is 2. The molecule has 0 aliphatic heterocycles. The van der Waals surface area contributed by atoms with Crippen molar-refractivity contribution in [3.63, 3.8) is 0 Å². The maximum atomic E-state index is 11.7. The van der Waals surface area contributed by atoms with E-state index >= 15 is 0 Å². The first-order valence-electron chi connectivity index (χ1n) is 8.50. The predicted octanol–water partition coefficient (Wildman–Crippen LogP) is 4.02. The summed E-state index contributed by atoms with van der Waals surface area (Å²) >= 11 is 4.89. The Balaban J connectivity index is 0.00000158. The second-order valence-electron chi connectivity index (χ2n) is 4.48. The summed E-state index contributed by atoms with van der Waals surface area (Å²) in [7, 11) is 0. The van der Waals surface area contributed by atoms with Crippen molar-refractivity contribution in [3.8, 4) is 6.07 Å². The van der Waals surface area contributed by atoms with Gasteiger partial charge >= 0.3 is 5.97 Å². The summed E-state index contributed by atoms with van der Waals surface area (Å²) in [6, 6.07) is 8.87. The van der Waals surface area contributed by atoms with Crippen molar-refractivity contribution in [1.29, 1.82) is 5.26 Å². The fourth-order valence-electron chi connectivity index (χ4n) is 1.89. The van der Waals surface area contributed by atoms with Crippen molar-refractivity contribution < 1.29 is 9.90 Å². The monoisotopic (exact) mass is 388 g/mol. The molecule has 1 heterocycles. The highest BCUT2D eigenvalue weighted by Gasteiger charge is 2.05. The number of para-hydroxylation sites is 1. The quantitative estimate of drug-likeness (QED) is 0.574. The first kappa shape index (κ1) is 23.8. The first-order chi connectivity index (χ1) is 13.0. The van der Waals surface area contributed by atoms with E-state index in [-0.39, 0.29) is 22.6 Å². The highest BCUT2D eigenvalue weighted by atomic mass is 32.1. The number of hydrogen-bond donors (Lipinski definition) is 4. The van der Waals surface area contributed by atoms with Crippen LogP contribution in [0.2, 0.25) is 0 Å². The van der Waals surface area contributed by atoms with E-state index in [1.165, 1.54) is 0 Å². The lowest BCUT2D eigenvalue weighted by molar-refractivity contribution is -0.134. The number of aliphatic carboxylic acids is 1. The molecule has 0 unspecified atom stereocenters. The average molecular weight is 388 g/mol. The molecule has 0 aliphatic rings. The molecule has 144 valence electrons. The van der Waals surface area contributed by atoms with E-state index in [9.17, 15) is 9.59 Å². The smallest absolute Gasteiger partial charge is 0.322 e. The third-order valence-corrected chi connectivity index (χ3v) is 3.11. The molecule has 0 saturated heterocycles. The van der Waals surface area contributed by atoms with Crippen LogP contribution in [0.3, 0.4) is 0 Å². The normalized spacial score (nSPS) is 9.30. The van der Waals surface area contributed by atoms with Crippen molar-refractivity contribution in [2.75, 3.05) is 11.9 Å². The molecule has 2 rings (SSSR count). The molecule has 2 aromatic rings. The minimum absolute atomic E-state index is 0.0779. The van der Waals surface area contributed by atoms with Gasteiger partial charge in [-0.3, -0.25) is 14.6 Å². The lowest BCUT2D eigenvalue weighted by Gasteiger charge is -2.07. The largest absolute Gasteiger partial charge is 0.480 e. The summed E-state index contributed by atoms with van der Waals surface area (Å²) < 4.78 is 0.117. The highest BCUT2D eigenvalue weighted by Crippen LogP contribution is 2.18. The molecule has 0 saturated carbocycles. The van der Waals surface area contributed by atoms with E-state index in [0.717, 1.165) is 0 Å². The van der Waals surface area contributed by atoms with Crippen LogP contribution in [0.1, 0.15) is 44.5 Å². The van der Waals surface area contributed by atoms with E-state index in [1.807, 2.05) is 33.8 Å². The topological polar surface area (TPSA) is 122 Å². The van der Waals surface area contributed by atoms with Crippen LogP contribution >= 0.6 is 12.2 Å². The lowest BCUT2D eigenvalue weighted by atomic mass is 10.1. The molecule has 0 radical (unpaired) electrons. The Kier molecular flexibility index (Phi) is 11.5. The molecular formula is C19H24N4O3S. The Bertz CT molecular complexity index is 924. The van der Waals surface area contributed by atoms with Gasteiger partial charge in [0.25, 0.3) is 5.56 Å². The van der Waals surface area contributed by atoms with Crippen molar-refractivity contribution >= 4 is 36.0 Å². The number of carboxylic acids is 1. The van der Waals surface area contributed by atoms with Gasteiger partial charge in [-0.2, -0.15) is 5.26 Å². The van der Waals surface area contributed by atoms with Gasteiger partial charge in [0, 0.05) is 5.69 Å². The van der Waals surface area contributed by atoms with Crippen LogP contribution in [-0.4, -0.2) is 27.6 Å². The van der Waals surface area contributed by atoms with Crippen LogP contribution in [0.5, 0.6) is 0 Å². The number of hydrogen-bond acceptors (Lipinski definition) is 5. The summed E-state index contributed by atoms with van der Waals surface area (Å²) in [6.45, 7) is 7.78. The van der Waals surface area contributed by atoms with Crippen LogP contribution in [0.4, 0.5) is 5.69 Å². The molecule has 7 nitrogen and oxygen atoms in total.